The Balaban J connectivity index is -0.0000000120. The molecule has 6 aromatic rings. The number of hydrogen-bond donors (Lipinski definition) is 0. The van der Waals surface area contributed by atoms with Crippen molar-refractivity contribution in [3.63, 3.8) is 0 Å². The Morgan fingerprint density at radius 2 is 0.544 bits per heavy atom. The van der Waals surface area contributed by atoms with Crippen LogP contribution in [0.5, 0.6) is 0 Å². The first-order valence-electron chi connectivity index (χ1n) is 15.1. The van der Waals surface area contributed by atoms with Crippen molar-refractivity contribution >= 4 is 56.5 Å². The minimum Gasteiger partial charge on any atom is -0.259 e. The molecule has 4 aromatic carbocycles. The van der Waals surface area contributed by atoms with Crippen molar-refractivity contribution in [3.8, 4) is 0 Å². The van der Waals surface area contributed by atoms with Gasteiger partial charge in [0.25, 0.3) is 0 Å². The minimum atomic E-state index is -1.03. The average Bonchev–Trinajstić information content (AvgIpc) is 3.75. The molecule has 0 aliphatic carbocycles. The first-order valence-corrected chi connectivity index (χ1v) is 15.1. The number of aliphatic imine (C=N–C) groups is 2. The smallest absolute Gasteiger partial charge is 0.259 e. The fourth-order valence-corrected chi connectivity index (χ4v) is 8.55. The third-order valence-electron chi connectivity index (χ3n) is 10.4. The number of aryl methyl sites for hydroxylation is 4. The molecule has 103 heavy (non-hydrogen) atoms. The van der Waals surface area contributed by atoms with Crippen LogP contribution in [0.15, 0.2) is 68.5 Å². The molecule has 384 valence electrons. The largest absolute Gasteiger partial charge is 0.367 e. The van der Waals surface area contributed by atoms with E-state index in [1.165, 1.54) is 0 Å². The quantitative estimate of drug-likeness (QED) is 0.164. The van der Waals surface area contributed by atoms with E-state index in [0.29, 0.717) is 0 Å². The van der Waals surface area contributed by atoms with E-state index in [0.717, 1.165) is 112 Å². The molecule has 1 spiro atoms. The second-order valence-electron chi connectivity index (χ2n) is 12.6. The molecule has 2 aromatic heterocycles. The zero-order valence-corrected chi connectivity index (χ0v) is 223. The van der Waals surface area contributed by atoms with Gasteiger partial charge in [0, 0.05) is 1900 Å². The van der Waals surface area contributed by atoms with Crippen LogP contribution in [-0.2, 0) is 1900 Å². The summed E-state index contributed by atoms with van der Waals surface area (Å²) in [6, 6.07) is 30.7. The summed E-state index contributed by atoms with van der Waals surface area (Å²) in [5, 5.41) is 4.02. The number of fused-ring (bicyclic) bond motifs is 12. The predicted octanol–water partition coefficient (Wildman–Crippen LogP) is 4.00. The molecular formula is C37H20N8Y58-2. The predicted molar refractivity (Wildman–Crippen MR) is 168 cm³/mol. The first-order chi connectivity index (χ1) is 22.0. The van der Waals surface area contributed by atoms with Gasteiger partial charge in [-0.05, 0) is 11.1 Å². The molecule has 0 saturated heterocycles. The second kappa shape index (κ2) is 175. The molecule has 8 heterocycles. The van der Waals surface area contributed by atoms with Crippen LogP contribution in [0.1, 0.15) is 44.5 Å². The monoisotopic (exact) mass is 5730 g/mol. The number of benzene rings is 4. The fourth-order valence-electron chi connectivity index (χ4n) is 8.55. The molecule has 58 radical (unpaired) electrons. The molecule has 6 aliphatic rings. The number of nitrogens with zero attached hydrogens (tertiary/aromatic N) is 8. The van der Waals surface area contributed by atoms with Crippen LogP contribution in [0.25, 0.3) is 21.5 Å². The van der Waals surface area contributed by atoms with Crippen LogP contribution < -0.4 is 11.0 Å². The third-order valence-corrected chi connectivity index (χ3v) is 10.4. The van der Waals surface area contributed by atoms with Gasteiger partial charge in [0.1, 0.15) is 11.3 Å². The van der Waals surface area contributed by atoms with E-state index in [4.69, 9.17) is 20.0 Å². The first kappa shape index (κ1) is 317. The second-order valence-corrected chi connectivity index (χ2v) is 12.6. The van der Waals surface area contributed by atoms with Crippen LogP contribution in [0.4, 0.5) is 11.6 Å². The Morgan fingerprint density at radius 3 is 0.903 bits per heavy atom. The van der Waals surface area contributed by atoms with Gasteiger partial charge in [0.15, 0.2) is 11.7 Å². The van der Waals surface area contributed by atoms with Crippen molar-refractivity contribution in [3.05, 3.63) is 128 Å². The Bertz CT molecular complexity index is 2950. The van der Waals surface area contributed by atoms with Gasteiger partial charge < -0.3 is 0 Å². The van der Waals surface area contributed by atoms with Crippen LogP contribution in [0, 0.1) is 52.0 Å². The maximum atomic E-state index is 5.52. The Kier molecular flexibility index (Phi) is 540. The molecule has 1 unspecified atom stereocenters. The molecule has 66 heteroatoms. The van der Waals surface area contributed by atoms with Crippen molar-refractivity contribution in [2.45, 2.75) is 33.6 Å². The molecular weight excluding hydrogens is 5710 g/mol. The van der Waals surface area contributed by atoms with E-state index in [9.17, 15) is 0 Å². The molecule has 0 amide bonds. The molecule has 6 aliphatic heterocycles. The Morgan fingerprint density at radius 1 is 0.252 bits per heavy atom. The van der Waals surface area contributed by atoms with Gasteiger partial charge in [-0.1, -0.05) is 60.4 Å². The summed E-state index contributed by atoms with van der Waals surface area (Å²) in [5.41, 5.74) is 10.2. The average molecular weight is 5730 g/mol. The summed E-state index contributed by atoms with van der Waals surface area (Å²) >= 11 is 0. The zero-order chi connectivity index (χ0) is 29.7. The van der Waals surface area contributed by atoms with E-state index < -0.39 is 5.91 Å². The van der Waals surface area contributed by atoms with Gasteiger partial charge in [0.2, 0.25) is 11.7 Å². The van der Waals surface area contributed by atoms with Gasteiger partial charge in [-0.2, -0.15) is 4.99 Å². The van der Waals surface area contributed by atoms with Crippen LogP contribution in [-0.4, -0.2) is 41.6 Å². The van der Waals surface area contributed by atoms with Gasteiger partial charge in [0.05, 0.1) is 11.3 Å². The van der Waals surface area contributed by atoms with Crippen LogP contribution >= 0.6 is 0 Å². The molecule has 0 fully saturated rings. The van der Waals surface area contributed by atoms with Crippen molar-refractivity contribution in [2.24, 2.45) is 20.0 Å². The molecule has 0 bridgehead atoms. The Labute approximate surface area is 2080 Å². The SMILES string of the molecule is Cc1cc[c-]c2c1C1=Nc3c4[c-]ccc(C)c4c4n3C35n6c(c7[c-]ccc(C)c7c6=N4)=NC4=[N+]3C(=NC2=[N+]15)c1[c-]ccc(C)c14.[Y].[Y].[Y].[Y].[Y].[Y].[Y].[Y].[Y].[Y].[Y].[Y].[Y].[Y].[Y].[Y].[Y].[Y].[Y].[Y].[Y].[Y].[Y].[Y].[Y].[Y].[Y].[Y].[Y].[Y].[Y].[Y].[Y].[Y].[Y].[Y].[Y].[Y].[Y].[Y].[Y].[Y].[Y].[Y].[Y].[Y].[Y].[Y].[Y].[Y].[Y].[Y].[Y].[Y].[Y].[Y].[Y].[Y]. The van der Waals surface area contributed by atoms with Crippen molar-refractivity contribution in [1.29, 1.82) is 0 Å². The maximum absolute atomic E-state index is 5.52. The summed E-state index contributed by atoms with van der Waals surface area (Å²) in [5.74, 6) is 3.97. The minimum absolute atomic E-state index is 0. The summed E-state index contributed by atoms with van der Waals surface area (Å²) in [7, 11) is 0. The van der Waals surface area contributed by atoms with E-state index in [2.05, 4.69) is 94.5 Å². The van der Waals surface area contributed by atoms with E-state index in [1.54, 1.807) is 0 Å². The number of amidine groups is 4. The van der Waals surface area contributed by atoms with Crippen molar-refractivity contribution < 1.29 is 1910 Å². The third kappa shape index (κ3) is 84.3. The van der Waals surface area contributed by atoms with Crippen LogP contribution in [0.3, 0.4) is 0 Å². The number of rotatable bonds is 0. The topological polar surface area (TPSA) is 65.3 Å². The number of hydrogen-bond acceptors (Lipinski definition) is 4. The normalized spacial score (nSPS) is 8.78. The Hall–Kier alpha value is 58.3. The van der Waals surface area contributed by atoms with Gasteiger partial charge in [-0.25, -0.2) is 14.1 Å². The standard InChI is InChI=1S/C37H20N8.58Y/c1-17-9-5-13-21-25(17)33-39-31-23-15-7-11-19(3)27(23)35-41-36-28-20(4)12-8-16-24(28)32-40-34-26-18(2)10-6-14-22(26)30-38-29(21)42(33)37(43(30)34,44(31)35)45(32)36;;;;;;;;;;;;;;;;;;;;;;;;;;;;;;;;;;;;;;;;;;;;;;;;;;;;;;;;;;/h5-12H,1-4H3;;;;;;;;;;;;;;;;;;;;;;;;;;;;;;;;;;;;;;;;;;;;;;;;;;;;;;;;;;/q-2;;;;;;;;;;;;;;;;;;;;;;;;;;;;;;;;;;;;;;;;;;;;;;;;;;;;;;;;;;. The van der Waals surface area contributed by atoms with Crippen LogP contribution in [0.2, 0.25) is 0 Å². The zero-order valence-electron chi connectivity index (χ0n) is 58.2. The molecule has 0 N–H and O–H groups in total. The summed E-state index contributed by atoms with van der Waals surface area (Å²) < 4.78 is 9.23. The number of aromatic nitrogens is 2. The maximum Gasteiger partial charge on any atom is 0.367 e. The van der Waals surface area contributed by atoms with Crippen molar-refractivity contribution in [2.75, 3.05) is 0 Å². The van der Waals surface area contributed by atoms with Gasteiger partial charge in [-0.3, -0.25) is 9.13 Å². The molecule has 0 saturated carbocycles. The summed E-state index contributed by atoms with van der Waals surface area (Å²) in [6.45, 7) is 8.58. The van der Waals surface area contributed by atoms with E-state index in [-0.39, 0.29) is 1900 Å². The van der Waals surface area contributed by atoms with E-state index in [1.807, 2.05) is 24.3 Å². The summed E-state index contributed by atoms with van der Waals surface area (Å²) in [4.78, 5) is 22.0. The van der Waals surface area contributed by atoms with Gasteiger partial charge in [-0.15, -0.1) is 105 Å². The van der Waals surface area contributed by atoms with Gasteiger partial charge >= 0.3 is 5.91 Å². The summed E-state index contributed by atoms with van der Waals surface area (Å²) in [6.07, 6.45) is 0. The molecule has 8 nitrogen and oxygen atoms in total. The molecule has 1 atom stereocenters. The van der Waals surface area contributed by atoms with Crippen molar-refractivity contribution in [1.82, 2.24) is 9.13 Å². The fraction of sp³-hybridized carbons (Fsp3) is 0.135. The van der Waals surface area contributed by atoms with E-state index >= 15 is 0 Å². The molecule has 12 rings (SSSR count).